The molecular formula is C20H17N3O4. The molecule has 2 bridgehead atoms. The van der Waals surface area contributed by atoms with Crippen LogP contribution in [0.15, 0.2) is 30.5 Å². The standard InChI is InChI=1S/C20H17N3O4/c1-19-8-13(24)20(2,27-19)15-14(19)17(25)23(18(15)26)12-6-5-10(9-21)16-11(12)4-3-7-22-16/h3-7,13-15,24H,8H2,1-2H3/t13-,14+,15-,19-,20+/m1/s1. The smallest absolute Gasteiger partial charge is 0.240 e. The molecule has 5 rings (SSSR count). The summed E-state index contributed by atoms with van der Waals surface area (Å²) in [7, 11) is 0. The Hall–Kier alpha value is -2.82. The summed E-state index contributed by atoms with van der Waals surface area (Å²) in [4.78, 5) is 32.0. The van der Waals surface area contributed by atoms with Crippen LogP contribution in [0.4, 0.5) is 5.69 Å². The zero-order chi connectivity index (χ0) is 19.1. The van der Waals surface area contributed by atoms with Gasteiger partial charge in [-0.3, -0.25) is 14.6 Å². The average Bonchev–Trinajstić information content (AvgIpc) is 3.15. The normalized spacial score (nSPS) is 37.1. The Balaban J connectivity index is 1.69. The number of carbonyl (C=O) groups excluding carboxylic acids is 2. The van der Waals surface area contributed by atoms with Crippen LogP contribution >= 0.6 is 0 Å². The topological polar surface area (TPSA) is 104 Å². The molecule has 0 unspecified atom stereocenters. The van der Waals surface area contributed by atoms with Gasteiger partial charge in [-0.25, -0.2) is 4.90 Å². The SMILES string of the molecule is C[C@]12O[C@](C)(C[C@H]1O)[C@@H]1C(=O)N(c3ccc(C#N)c4ncccc34)C(=O)[C@@H]12. The predicted octanol–water partition coefficient (Wildman–Crippen LogP) is 1.52. The average molecular weight is 363 g/mol. The highest BCUT2D eigenvalue weighted by Gasteiger charge is 2.75. The van der Waals surface area contributed by atoms with E-state index in [4.69, 9.17) is 4.74 Å². The van der Waals surface area contributed by atoms with Crippen molar-refractivity contribution in [1.29, 1.82) is 5.26 Å². The van der Waals surface area contributed by atoms with Crippen LogP contribution in [-0.4, -0.2) is 39.2 Å². The number of anilines is 1. The summed E-state index contributed by atoms with van der Waals surface area (Å²) in [5, 5.41) is 20.3. The van der Waals surface area contributed by atoms with Crippen LogP contribution in [0.3, 0.4) is 0 Å². The van der Waals surface area contributed by atoms with Gasteiger partial charge in [0.15, 0.2) is 0 Å². The lowest BCUT2D eigenvalue weighted by Crippen LogP contribution is -2.49. The number of hydrogen-bond donors (Lipinski definition) is 1. The van der Waals surface area contributed by atoms with Crippen molar-refractivity contribution in [3.8, 4) is 6.07 Å². The van der Waals surface area contributed by atoms with Gasteiger partial charge in [-0.15, -0.1) is 0 Å². The summed E-state index contributed by atoms with van der Waals surface area (Å²) < 4.78 is 6.00. The first kappa shape index (κ1) is 16.4. The minimum Gasteiger partial charge on any atom is -0.390 e. The third-order valence-corrected chi connectivity index (χ3v) is 6.40. The largest absolute Gasteiger partial charge is 0.390 e. The van der Waals surface area contributed by atoms with Gasteiger partial charge in [0, 0.05) is 18.0 Å². The summed E-state index contributed by atoms with van der Waals surface area (Å²) in [6.45, 7) is 3.50. The molecule has 3 aliphatic rings. The van der Waals surface area contributed by atoms with Crippen molar-refractivity contribution in [2.45, 2.75) is 37.6 Å². The third kappa shape index (κ3) is 1.79. The van der Waals surface area contributed by atoms with E-state index in [1.807, 2.05) is 0 Å². The number of hydrogen-bond acceptors (Lipinski definition) is 6. The van der Waals surface area contributed by atoms with E-state index in [0.29, 0.717) is 28.6 Å². The summed E-state index contributed by atoms with van der Waals surface area (Å²) in [5.74, 6) is -2.04. The van der Waals surface area contributed by atoms with Crippen LogP contribution in [0, 0.1) is 23.2 Å². The van der Waals surface area contributed by atoms with Crippen molar-refractivity contribution in [3.05, 3.63) is 36.0 Å². The van der Waals surface area contributed by atoms with Crippen molar-refractivity contribution in [2.24, 2.45) is 11.8 Å². The van der Waals surface area contributed by atoms with Crippen molar-refractivity contribution in [3.63, 3.8) is 0 Å². The molecule has 0 saturated carbocycles. The first-order chi connectivity index (χ1) is 12.8. The first-order valence-electron chi connectivity index (χ1n) is 8.86. The molecule has 1 N–H and O–H groups in total. The molecule has 4 heterocycles. The number of nitrogens with zero attached hydrogens (tertiary/aromatic N) is 3. The van der Waals surface area contributed by atoms with E-state index in [0.717, 1.165) is 0 Å². The molecule has 27 heavy (non-hydrogen) atoms. The van der Waals surface area contributed by atoms with Gasteiger partial charge < -0.3 is 9.84 Å². The number of imide groups is 1. The van der Waals surface area contributed by atoms with Crippen LogP contribution in [0.25, 0.3) is 10.9 Å². The molecule has 1 aromatic carbocycles. The molecule has 3 saturated heterocycles. The lowest BCUT2D eigenvalue weighted by Gasteiger charge is -2.31. The van der Waals surface area contributed by atoms with Gasteiger partial charge >= 0.3 is 0 Å². The minimum atomic E-state index is -1.07. The highest BCUT2D eigenvalue weighted by Crippen LogP contribution is 2.61. The predicted molar refractivity (Wildman–Crippen MR) is 94.4 cm³/mol. The van der Waals surface area contributed by atoms with Crippen LogP contribution in [0.5, 0.6) is 0 Å². The molecule has 0 aliphatic carbocycles. The molecule has 3 aliphatic heterocycles. The number of aliphatic hydroxyl groups is 1. The van der Waals surface area contributed by atoms with E-state index < -0.39 is 29.1 Å². The van der Waals surface area contributed by atoms with E-state index in [1.165, 1.54) is 4.90 Å². The van der Waals surface area contributed by atoms with Gasteiger partial charge in [-0.1, -0.05) is 0 Å². The monoisotopic (exact) mass is 363 g/mol. The maximum atomic E-state index is 13.3. The number of rotatable bonds is 1. The lowest BCUT2D eigenvalue weighted by molar-refractivity contribution is -0.132. The van der Waals surface area contributed by atoms with Crippen molar-refractivity contribution >= 4 is 28.4 Å². The Morgan fingerprint density at radius 1 is 1.26 bits per heavy atom. The van der Waals surface area contributed by atoms with Crippen LogP contribution < -0.4 is 4.90 Å². The quantitative estimate of drug-likeness (QED) is 0.771. The van der Waals surface area contributed by atoms with Crippen LogP contribution in [0.2, 0.25) is 0 Å². The zero-order valence-electron chi connectivity index (χ0n) is 14.8. The Labute approximate surface area is 155 Å². The third-order valence-electron chi connectivity index (χ3n) is 6.40. The first-order valence-corrected chi connectivity index (χ1v) is 8.86. The number of nitriles is 1. The molecule has 3 fully saturated rings. The van der Waals surface area contributed by atoms with E-state index in [2.05, 4.69) is 11.1 Å². The Morgan fingerprint density at radius 3 is 2.74 bits per heavy atom. The Kier molecular flexibility index (Phi) is 2.98. The number of fused-ring (bicyclic) bond motifs is 6. The summed E-state index contributed by atoms with van der Waals surface area (Å²) in [6, 6.07) is 8.73. The van der Waals surface area contributed by atoms with Crippen LogP contribution in [-0.2, 0) is 14.3 Å². The van der Waals surface area contributed by atoms with E-state index >= 15 is 0 Å². The molecule has 7 nitrogen and oxygen atoms in total. The summed E-state index contributed by atoms with van der Waals surface area (Å²) >= 11 is 0. The molecule has 1 aromatic heterocycles. The highest BCUT2D eigenvalue weighted by atomic mass is 16.6. The molecule has 5 atom stereocenters. The molecule has 0 radical (unpaired) electrons. The Bertz CT molecular complexity index is 1080. The molecule has 7 heteroatoms. The fourth-order valence-corrected chi connectivity index (χ4v) is 5.20. The maximum absolute atomic E-state index is 13.3. The molecule has 0 spiro atoms. The number of amides is 2. The van der Waals surface area contributed by atoms with E-state index in [-0.39, 0.29) is 11.8 Å². The number of carbonyl (C=O) groups is 2. The lowest BCUT2D eigenvalue weighted by atomic mass is 9.67. The van der Waals surface area contributed by atoms with E-state index in [1.54, 1.807) is 44.3 Å². The Morgan fingerprint density at radius 2 is 2.00 bits per heavy atom. The zero-order valence-corrected chi connectivity index (χ0v) is 14.8. The number of aromatic nitrogens is 1. The second-order valence-corrected chi connectivity index (χ2v) is 7.93. The van der Waals surface area contributed by atoms with Gasteiger partial charge in [-0.05, 0) is 38.1 Å². The number of aliphatic hydroxyl groups excluding tert-OH is 1. The highest BCUT2D eigenvalue weighted by molar-refractivity contribution is 6.26. The second-order valence-electron chi connectivity index (χ2n) is 7.93. The van der Waals surface area contributed by atoms with Gasteiger partial charge in [0.05, 0.1) is 40.3 Å². The van der Waals surface area contributed by atoms with Gasteiger partial charge in [0.1, 0.15) is 11.7 Å². The number of pyridine rings is 1. The second kappa shape index (κ2) is 4.91. The molecule has 136 valence electrons. The number of benzene rings is 1. The summed E-state index contributed by atoms with van der Waals surface area (Å²) in [5.41, 5.74) is -0.677. The summed E-state index contributed by atoms with van der Waals surface area (Å²) in [6.07, 6.45) is 1.11. The fourth-order valence-electron chi connectivity index (χ4n) is 5.20. The van der Waals surface area contributed by atoms with Crippen molar-refractivity contribution in [1.82, 2.24) is 4.98 Å². The van der Waals surface area contributed by atoms with Gasteiger partial charge in [0.2, 0.25) is 11.8 Å². The fraction of sp³-hybridized carbons (Fsp3) is 0.400. The number of ether oxygens (including phenoxy) is 1. The van der Waals surface area contributed by atoms with Gasteiger partial charge in [-0.2, -0.15) is 5.26 Å². The minimum absolute atomic E-state index is 0.321. The maximum Gasteiger partial charge on any atom is 0.240 e. The van der Waals surface area contributed by atoms with Crippen molar-refractivity contribution < 1.29 is 19.4 Å². The van der Waals surface area contributed by atoms with Crippen LogP contribution in [0.1, 0.15) is 25.8 Å². The molecular weight excluding hydrogens is 346 g/mol. The van der Waals surface area contributed by atoms with Crippen molar-refractivity contribution in [2.75, 3.05) is 4.90 Å². The molecule has 2 amide bonds. The van der Waals surface area contributed by atoms with E-state index in [9.17, 15) is 20.0 Å². The molecule has 2 aromatic rings. The van der Waals surface area contributed by atoms with Gasteiger partial charge in [0.25, 0.3) is 0 Å².